The van der Waals surface area contributed by atoms with E-state index in [1.54, 1.807) is 7.11 Å². The van der Waals surface area contributed by atoms with Crippen LogP contribution in [-0.4, -0.2) is 7.11 Å². The first-order valence-corrected chi connectivity index (χ1v) is 6.91. The molecule has 0 aliphatic heterocycles. The second-order valence-corrected chi connectivity index (χ2v) is 6.10. The molecule has 3 unspecified atom stereocenters. The van der Waals surface area contributed by atoms with Gasteiger partial charge >= 0.3 is 0 Å². The van der Waals surface area contributed by atoms with Crippen LogP contribution in [0, 0.1) is 24.7 Å². The van der Waals surface area contributed by atoms with Crippen LogP contribution in [0.1, 0.15) is 35.8 Å². The summed E-state index contributed by atoms with van der Waals surface area (Å²) in [6.07, 6.45) is 4.08. The maximum atomic E-state index is 6.67. The zero-order chi connectivity index (χ0) is 12.0. The predicted octanol–water partition coefficient (Wildman–Crippen LogP) is 4.33. The molecule has 0 bridgehead atoms. The zero-order valence-corrected chi connectivity index (χ0v) is 11.2. The van der Waals surface area contributed by atoms with Gasteiger partial charge in [0.25, 0.3) is 0 Å². The largest absolute Gasteiger partial charge is 0.496 e. The van der Waals surface area contributed by atoms with Gasteiger partial charge in [0.2, 0.25) is 0 Å². The first-order chi connectivity index (χ1) is 8.19. The molecule has 0 spiro atoms. The van der Waals surface area contributed by atoms with Crippen molar-refractivity contribution < 1.29 is 4.74 Å². The van der Waals surface area contributed by atoms with Gasteiger partial charge in [0, 0.05) is 5.56 Å². The summed E-state index contributed by atoms with van der Waals surface area (Å²) < 4.78 is 5.43. The number of hydrogen-bond donors (Lipinski definition) is 0. The molecule has 0 radical (unpaired) electrons. The van der Waals surface area contributed by atoms with E-state index in [4.69, 9.17) is 16.3 Å². The number of fused-ring (bicyclic) bond motifs is 1. The number of alkyl halides is 1. The quantitative estimate of drug-likeness (QED) is 0.726. The molecule has 3 atom stereocenters. The molecule has 0 aromatic heterocycles. The van der Waals surface area contributed by atoms with Crippen LogP contribution in [0.3, 0.4) is 0 Å². The van der Waals surface area contributed by atoms with Gasteiger partial charge in [-0.3, -0.25) is 0 Å². The summed E-state index contributed by atoms with van der Waals surface area (Å²) in [5.41, 5.74) is 2.44. The summed E-state index contributed by atoms with van der Waals surface area (Å²) in [6.45, 7) is 2.11. The minimum atomic E-state index is 0.123. The van der Waals surface area contributed by atoms with Gasteiger partial charge in [0.1, 0.15) is 5.75 Å². The number of benzene rings is 1. The predicted molar refractivity (Wildman–Crippen MR) is 70.6 cm³/mol. The normalized spacial score (nSPS) is 32.1. The monoisotopic (exact) mass is 250 g/mol. The van der Waals surface area contributed by atoms with Crippen molar-refractivity contribution in [3.05, 3.63) is 29.3 Å². The Morgan fingerprint density at radius 1 is 1.24 bits per heavy atom. The van der Waals surface area contributed by atoms with Gasteiger partial charge in [-0.2, -0.15) is 0 Å². The highest BCUT2D eigenvalue weighted by molar-refractivity contribution is 6.21. The zero-order valence-electron chi connectivity index (χ0n) is 10.4. The second kappa shape index (κ2) is 4.20. The van der Waals surface area contributed by atoms with Gasteiger partial charge in [0.05, 0.1) is 12.5 Å². The number of aryl methyl sites for hydroxylation is 1. The van der Waals surface area contributed by atoms with Gasteiger partial charge in [-0.1, -0.05) is 17.7 Å². The number of hydrogen-bond acceptors (Lipinski definition) is 1. The van der Waals surface area contributed by atoms with Crippen LogP contribution < -0.4 is 4.74 Å². The fourth-order valence-corrected chi connectivity index (χ4v) is 3.70. The standard InChI is InChI=1S/C15H19ClO/c1-9-3-4-14(17-2)13(5-9)15(16)12-7-10-6-11(10)8-12/h3-5,10-12,15H,6-8H2,1-2H3. The fourth-order valence-electron chi connectivity index (χ4n) is 3.32. The third kappa shape index (κ3) is 2.06. The highest BCUT2D eigenvalue weighted by Crippen LogP contribution is 2.58. The molecule has 0 N–H and O–H groups in total. The highest BCUT2D eigenvalue weighted by atomic mass is 35.5. The number of methoxy groups -OCH3 is 1. The van der Waals surface area contributed by atoms with E-state index in [2.05, 4.69) is 19.1 Å². The van der Waals surface area contributed by atoms with E-state index in [-0.39, 0.29) is 5.38 Å². The van der Waals surface area contributed by atoms with Gasteiger partial charge in [0.15, 0.2) is 0 Å². The molecule has 3 rings (SSSR count). The van der Waals surface area contributed by atoms with E-state index in [0.29, 0.717) is 5.92 Å². The van der Waals surface area contributed by atoms with Crippen LogP contribution in [0.15, 0.2) is 18.2 Å². The van der Waals surface area contributed by atoms with Crippen LogP contribution in [0.25, 0.3) is 0 Å². The third-order valence-electron chi connectivity index (χ3n) is 4.38. The van der Waals surface area contributed by atoms with E-state index >= 15 is 0 Å². The Labute approximate surface area is 108 Å². The number of halogens is 1. The lowest BCUT2D eigenvalue weighted by Crippen LogP contribution is -2.07. The van der Waals surface area contributed by atoms with Gasteiger partial charge in [-0.25, -0.2) is 0 Å². The Hall–Kier alpha value is -0.690. The van der Waals surface area contributed by atoms with Gasteiger partial charge in [-0.05, 0) is 50.0 Å². The number of rotatable bonds is 3. The Kier molecular flexibility index (Phi) is 2.82. The van der Waals surface area contributed by atoms with E-state index in [1.165, 1.54) is 30.4 Å². The van der Waals surface area contributed by atoms with Crippen LogP contribution in [0.2, 0.25) is 0 Å². The molecule has 2 aliphatic carbocycles. The summed E-state index contributed by atoms with van der Waals surface area (Å²) in [5, 5.41) is 0.123. The molecule has 1 nitrogen and oxygen atoms in total. The molecule has 17 heavy (non-hydrogen) atoms. The van der Waals surface area contributed by atoms with Crippen molar-refractivity contribution in [1.29, 1.82) is 0 Å². The molecule has 2 fully saturated rings. The van der Waals surface area contributed by atoms with Crippen molar-refractivity contribution in [2.45, 2.75) is 31.6 Å². The first kappa shape index (κ1) is 11.4. The minimum absolute atomic E-state index is 0.123. The van der Waals surface area contributed by atoms with Crippen molar-refractivity contribution >= 4 is 11.6 Å². The fraction of sp³-hybridized carbons (Fsp3) is 0.600. The molecule has 0 heterocycles. The van der Waals surface area contributed by atoms with Crippen LogP contribution in [-0.2, 0) is 0 Å². The molecule has 0 amide bonds. The third-order valence-corrected chi connectivity index (χ3v) is 4.97. The summed E-state index contributed by atoms with van der Waals surface area (Å²) in [4.78, 5) is 0. The lowest BCUT2D eigenvalue weighted by atomic mass is 9.93. The molecule has 0 saturated heterocycles. The summed E-state index contributed by atoms with van der Waals surface area (Å²) in [7, 11) is 1.73. The van der Waals surface area contributed by atoms with Crippen molar-refractivity contribution in [3.63, 3.8) is 0 Å². The minimum Gasteiger partial charge on any atom is -0.496 e. The smallest absolute Gasteiger partial charge is 0.123 e. The molecule has 1 aromatic rings. The van der Waals surface area contributed by atoms with E-state index < -0.39 is 0 Å². The molecule has 2 aliphatic rings. The molecule has 92 valence electrons. The van der Waals surface area contributed by atoms with Crippen LogP contribution >= 0.6 is 11.6 Å². The van der Waals surface area contributed by atoms with Gasteiger partial charge in [-0.15, -0.1) is 11.6 Å². The average molecular weight is 251 g/mol. The van der Waals surface area contributed by atoms with E-state index in [9.17, 15) is 0 Å². The topological polar surface area (TPSA) is 9.23 Å². The van der Waals surface area contributed by atoms with E-state index in [0.717, 1.165) is 17.6 Å². The summed E-state index contributed by atoms with van der Waals surface area (Å²) in [5.74, 6) is 3.56. The molecular formula is C15H19ClO. The molecule has 1 aromatic carbocycles. The lowest BCUT2D eigenvalue weighted by Gasteiger charge is -2.21. The van der Waals surface area contributed by atoms with Crippen molar-refractivity contribution in [2.24, 2.45) is 17.8 Å². The highest BCUT2D eigenvalue weighted by Gasteiger charge is 2.48. The Bertz CT molecular complexity index is 419. The SMILES string of the molecule is COc1ccc(C)cc1C(Cl)C1CC2CC2C1. The van der Waals surface area contributed by atoms with Crippen LogP contribution in [0.5, 0.6) is 5.75 Å². The van der Waals surface area contributed by atoms with Crippen molar-refractivity contribution in [2.75, 3.05) is 7.11 Å². The molecule has 2 heteroatoms. The second-order valence-electron chi connectivity index (χ2n) is 5.63. The summed E-state index contributed by atoms with van der Waals surface area (Å²) in [6, 6.07) is 6.30. The van der Waals surface area contributed by atoms with Gasteiger partial charge < -0.3 is 4.74 Å². The van der Waals surface area contributed by atoms with E-state index in [1.807, 2.05) is 6.07 Å². The lowest BCUT2D eigenvalue weighted by molar-refractivity contribution is 0.397. The van der Waals surface area contributed by atoms with Crippen molar-refractivity contribution in [3.8, 4) is 5.75 Å². The maximum Gasteiger partial charge on any atom is 0.123 e. The first-order valence-electron chi connectivity index (χ1n) is 6.47. The number of ether oxygens (including phenoxy) is 1. The molecule has 2 saturated carbocycles. The molecular weight excluding hydrogens is 232 g/mol. The van der Waals surface area contributed by atoms with Crippen LogP contribution in [0.4, 0.5) is 0 Å². The summed E-state index contributed by atoms with van der Waals surface area (Å²) >= 11 is 6.67. The Balaban J connectivity index is 1.84. The average Bonchev–Trinajstić information content (AvgIpc) is 2.95. The van der Waals surface area contributed by atoms with Crippen molar-refractivity contribution in [1.82, 2.24) is 0 Å². The maximum absolute atomic E-state index is 6.67. The Morgan fingerprint density at radius 3 is 2.59 bits per heavy atom. The Morgan fingerprint density at radius 2 is 1.94 bits per heavy atom.